The number of nitrogens with zero attached hydrogens (tertiary/aromatic N) is 1. The van der Waals surface area contributed by atoms with E-state index in [0.29, 0.717) is 51.2 Å². The van der Waals surface area contributed by atoms with Crippen LogP contribution in [0.15, 0.2) is 161 Å². The highest BCUT2D eigenvalue weighted by Gasteiger charge is 2.23. The highest BCUT2D eigenvalue weighted by atomic mass is 32.2. The second-order valence-electron chi connectivity index (χ2n) is 12.8. The Balaban J connectivity index is 1.08. The average Bonchev–Trinajstić information content (AvgIpc) is 3.71. The maximum atomic E-state index is 13.9. The number of thioether (sulfide) groups is 1. The molecular weight excluding hydrogens is 753 g/mol. The van der Waals surface area contributed by atoms with E-state index in [9.17, 15) is 14.4 Å². The van der Waals surface area contributed by atoms with E-state index in [4.69, 9.17) is 18.6 Å². The van der Waals surface area contributed by atoms with E-state index in [0.717, 1.165) is 21.5 Å². The molecule has 1 aromatic heterocycles. The molecule has 0 spiro atoms. The lowest BCUT2D eigenvalue weighted by Gasteiger charge is -2.18. The molecule has 0 aliphatic heterocycles. The molecule has 0 saturated heterocycles. The number of fused-ring (bicyclic) bond motifs is 1. The molecule has 12 heteroatoms. The largest absolute Gasteiger partial charge is 0.493 e. The lowest BCUT2D eigenvalue weighted by Crippen LogP contribution is -2.30. The van der Waals surface area contributed by atoms with Crippen LogP contribution in [0.1, 0.15) is 26.7 Å². The number of anilines is 2. The minimum absolute atomic E-state index is 0.0238. The van der Waals surface area contributed by atoms with E-state index in [2.05, 4.69) is 20.9 Å². The molecule has 0 aliphatic carbocycles. The zero-order valence-electron chi connectivity index (χ0n) is 31.7. The number of nitrogens with one attached hydrogen (secondary N) is 3. The molecule has 0 bridgehead atoms. The maximum absolute atomic E-state index is 13.9. The Kier molecular flexibility index (Phi) is 12.1. The molecule has 11 nitrogen and oxygen atoms in total. The Bertz CT molecular complexity index is 2520. The number of carbonyl (C=O) groups is 3. The molecule has 290 valence electrons. The van der Waals surface area contributed by atoms with Gasteiger partial charge in [0.25, 0.3) is 11.8 Å². The molecule has 1 unspecified atom stereocenters. The first-order chi connectivity index (χ1) is 28.3. The predicted molar refractivity (Wildman–Crippen MR) is 226 cm³/mol. The SMILES string of the molecule is COc1cc(/C=C(\NC(=O)c2ccccc2)C(=O)Nc2ccc(SC(C(=O)Nc3ccc(-c4nc5ccccc5o4)cc3)c3ccccc3)cc2)cc(OC)c1OC. The van der Waals surface area contributed by atoms with Crippen LogP contribution >= 0.6 is 11.8 Å². The normalized spacial score (nSPS) is 11.7. The Morgan fingerprint density at radius 3 is 1.93 bits per heavy atom. The fourth-order valence-electron chi connectivity index (χ4n) is 6.05. The van der Waals surface area contributed by atoms with E-state index in [-0.39, 0.29) is 11.6 Å². The molecule has 0 radical (unpaired) electrons. The van der Waals surface area contributed by atoms with Gasteiger partial charge in [0.1, 0.15) is 16.5 Å². The molecule has 1 atom stereocenters. The van der Waals surface area contributed by atoms with Crippen molar-refractivity contribution in [3.63, 3.8) is 0 Å². The van der Waals surface area contributed by atoms with Crippen molar-refractivity contribution in [3.05, 3.63) is 168 Å². The van der Waals surface area contributed by atoms with Gasteiger partial charge in [-0.2, -0.15) is 0 Å². The third-order valence-electron chi connectivity index (χ3n) is 8.93. The van der Waals surface area contributed by atoms with Crippen LogP contribution in [0.25, 0.3) is 28.6 Å². The van der Waals surface area contributed by atoms with Crippen LogP contribution in [0.3, 0.4) is 0 Å². The van der Waals surface area contributed by atoms with Gasteiger partial charge in [-0.15, -0.1) is 11.8 Å². The van der Waals surface area contributed by atoms with E-state index in [1.54, 1.807) is 54.6 Å². The number of aromatic nitrogens is 1. The fraction of sp³-hybridized carbons (Fsp3) is 0.0870. The van der Waals surface area contributed by atoms with E-state index < -0.39 is 17.1 Å². The third-order valence-corrected chi connectivity index (χ3v) is 10.2. The number of methoxy groups -OCH3 is 3. The summed E-state index contributed by atoms with van der Waals surface area (Å²) in [6.45, 7) is 0. The summed E-state index contributed by atoms with van der Waals surface area (Å²) in [5.41, 5.74) is 5.05. The van der Waals surface area contributed by atoms with Crippen molar-refractivity contribution in [3.8, 4) is 28.7 Å². The number of para-hydroxylation sites is 2. The number of hydrogen-bond acceptors (Lipinski definition) is 9. The minimum atomic E-state index is -0.598. The number of amides is 3. The van der Waals surface area contributed by atoms with Crippen LogP contribution in [0, 0.1) is 0 Å². The van der Waals surface area contributed by atoms with Gasteiger partial charge in [-0.1, -0.05) is 60.7 Å². The van der Waals surface area contributed by atoms with Crippen molar-refractivity contribution < 1.29 is 33.0 Å². The second kappa shape index (κ2) is 18.1. The van der Waals surface area contributed by atoms with Gasteiger partial charge in [-0.05, 0) is 102 Å². The summed E-state index contributed by atoms with van der Waals surface area (Å²) < 4.78 is 22.3. The van der Waals surface area contributed by atoms with Crippen LogP contribution in [0.4, 0.5) is 11.4 Å². The number of hydrogen-bond donors (Lipinski definition) is 3. The predicted octanol–water partition coefficient (Wildman–Crippen LogP) is 9.40. The van der Waals surface area contributed by atoms with Gasteiger partial charge in [-0.25, -0.2) is 4.98 Å². The zero-order valence-corrected chi connectivity index (χ0v) is 32.5. The van der Waals surface area contributed by atoms with Gasteiger partial charge in [0, 0.05) is 27.4 Å². The molecule has 7 aromatic rings. The first-order valence-corrected chi connectivity index (χ1v) is 19.0. The highest BCUT2D eigenvalue weighted by molar-refractivity contribution is 8.00. The summed E-state index contributed by atoms with van der Waals surface area (Å²) in [6, 6.07) is 43.5. The van der Waals surface area contributed by atoms with Gasteiger partial charge in [-0.3, -0.25) is 14.4 Å². The first-order valence-electron chi connectivity index (χ1n) is 18.1. The van der Waals surface area contributed by atoms with Crippen LogP contribution < -0.4 is 30.2 Å². The molecule has 6 aromatic carbocycles. The number of carbonyl (C=O) groups excluding carboxylic acids is 3. The van der Waals surface area contributed by atoms with Crippen molar-refractivity contribution in [1.29, 1.82) is 0 Å². The zero-order chi connectivity index (χ0) is 40.4. The molecule has 7 rings (SSSR count). The van der Waals surface area contributed by atoms with E-state index >= 15 is 0 Å². The summed E-state index contributed by atoms with van der Waals surface area (Å²) >= 11 is 1.37. The van der Waals surface area contributed by atoms with Gasteiger partial charge in [0.15, 0.2) is 17.1 Å². The van der Waals surface area contributed by atoms with Crippen molar-refractivity contribution in [2.24, 2.45) is 0 Å². The molecular formula is C46H38N4O7S. The molecule has 0 saturated carbocycles. The smallest absolute Gasteiger partial charge is 0.272 e. The Morgan fingerprint density at radius 2 is 1.29 bits per heavy atom. The second-order valence-corrected chi connectivity index (χ2v) is 14.0. The number of ether oxygens (including phenoxy) is 3. The van der Waals surface area contributed by atoms with E-state index in [1.165, 1.54) is 39.2 Å². The van der Waals surface area contributed by atoms with Crippen LogP contribution in [-0.2, 0) is 9.59 Å². The van der Waals surface area contributed by atoms with Crippen LogP contribution in [-0.4, -0.2) is 44.0 Å². The lowest BCUT2D eigenvalue weighted by atomic mass is 10.1. The Hall–Kier alpha value is -7.31. The number of benzene rings is 6. The quantitative estimate of drug-likeness (QED) is 0.0726. The average molecular weight is 791 g/mol. The summed E-state index contributed by atoms with van der Waals surface area (Å²) in [7, 11) is 4.48. The summed E-state index contributed by atoms with van der Waals surface area (Å²) in [5, 5.41) is 8.09. The highest BCUT2D eigenvalue weighted by Crippen LogP contribution is 2.39. The third kappa shape index (κ3) is 9.20. The first kappa shape index (κ1) is 38.9. The molecule has 3 N–H and O–H groups in total. The van der Waals surface area contributed by atoms with Gasteiger partial charge in [0.2, 0.25) is 17.5 Å². The lowest BCUT2D eigenvalue weighted by molar-refractivity contribution is -0.116. The fourth-order valence-corrected chi connectivity index (χ4v) is 7.07. The van der Waals surface area contributed by atoms with Crippen molar-refractivity contribution in [2.75, 3.05) is 32.0 Å². The van der Waals surface area contributed by atoms with Crippen LogP contribution in [0.5, 0.6) is 17.2 Å². The van der Waals surface area contributed by atoms with Crippen molar-refractivity contribution in [2.45, 2.75) is 10.1 Å². The molecule has 3 amide bonds. The van der Waals surface area contributed by atoms with Crippen LogP contribution in [0.2, 0.25) is 0 Å². The molecule has 1 heterocycles. The Morgan fingerprint density at radius 1 is 0.690 bits per heavy atom. The Labute approximate surface area is 339 Å². The number of rotatable bonds is 14. The minimum Gasteiger partial charge on any atom is -0.493 e. The molecule has 0 aliphatic rings. The summed E-state index contributed by atoms with van der Waals surface area (Å²) in [6.07, 6.45) is 1.53. The summed E-state index contributed by atoms with van der Waals surface area (Å²) in [5.74, 6) is 0.406. The van der Waals surface area contributed by atoms with Gasteiger partial charge >= 0.3 is 0 Å². The van der Waals surface area contributed by atoms with Crippen molar-refractivity contribution >= 4 is 58.0 Å². The maximum Gasteiger partial charge on any atom is 0.272 e. The standard InChI is InChI=1S/C46H38N4O7S/c1-54-39-27-29(28-40(55-2)41(39)56-3)26-37(49-43(51)31-14-8-5-9-15-31)44(52)47-34-22-24-35(25-23-34)58-42(30-12-6-4-7-13-30)45(53)48-33-20-18-32(19-21-33)46-50-36-16-10-11-17-38(36)57-46/h4-28,42H,1-3H3,(H,47,52)(H,48,53)(H,49,51)/b37-26-. The van der Waals surface area contributed by atoms with Gasteiger partial charge < -0.3 is 34.6 Å². The molecule has 0 fully saturated rings. The number of oxazole rings is 1. The molecule has 58 heavy (non-hydrogen) atoms. The van der Waals surface area contributed by atoms with E-state index in [1.807, 2.05) is 91.0 Å². The summed E-state index contributed by atoms with van der Waals surface area (Å²) in [4.78, 5) is 46.3. The van der Waals surface area contributed by atoms with Gasteiger partial charge in [0.05, 0.1) is 21.3 Å². The monoisotopic (exact) mass is 790 g/mol. The van der Waals surface area contributed by atoms with Crippen molar-refractivity contribution in [1.82, 2.24) is 10.3 Å². The topological polar surface area (TPSA) is 141 Å².